The molecule has 2 aromatic rings. The molecule has 1 amide bonds. The molecule has 0 unspecified atom stereocenters. The topological polar surface area (TPSA) is 69.5 Å². The van der Waals surface area contributed by atoms with Crippen LogP contribution >= 0.6 is 0 Å². The molecule has 7 heteroatoms. The van der Waals surface area contributed by atoms with Crippen LogP contribution < -0.4 is 0 Å². The number of ether oxygens (including phenoxy) is 2. The molecule has 2 aliphatic rings. The first kappa shape index (κ1) is 15.3. The van der Waals surface area contributed by atoms with Crippen LogP contribution in [-0.2, 0) is 27.7 Å². The quantitative estimate of drug-likeness (QED) is 0.823. The van der Waals surface area contributed by atoms with Gasteiger partial charge in [-0.3, -0.25) is 4.79 Å². The second kappa shape index (κ2) is 6.33. The van der Waals surface area contributed by atoms with Gasteiger partial charge in [0.05, 0.1) is 19.8 Å². The molecule has 4 rings (SSSR count). The third-order valence-corrected chi connectivity index (χ3v) is 4.63. The Morgan fingerprint density at radius 2 is 2.12 bits per heavy atom. The number of carbonyl (C=O) groups excluding carboxylic acids is 1. The highest BCUT2D eigenvalue weighted by Crippen LogP contribution is 2.30. The van der Waals surface area contributed by atoms with Crippen LogP contribution in [0.1, 0.15) is 29.2 Å². The zero-order chi connectivity index (χ0) is 16.5. The molecule has 0 bridgehead atoms. The zero-order valence-corrected chi connectivity index (χ0v) is 13.6. The van der Waals surface area contributed by atoms with Crippen molar-refractivity contribution >= 4 is 5.91 Å². The molecule has 0 N–H and O–H groups in total. The van der Waals surface area contributed by atoms with Gasteiger partial charge in [0.2, 0.25) is 0 Å². The van der Waals surface area contributed by atoms with Crippen LogP contribution in [-0.4, -0.2) is 51.9 Å². The van der Waals surface area contributed by atoms with E-state index < -0.39 is 6.10 Å². The Balaban J connectivity index is 1.54. The molecule has 1 aromatic heterocycles. The molecule has 2 atom stereocenters. The summed E-state index contributed by atoms with van der Waals surface area (Å²) in [6.07, 6.45) is 1.71. The van der Waals surface area contributed by atoms with Gasteiger partial charge in [-0.25, -0.2) is 0 Å². The number of amides is 1. The van der Waals surface area contributed by atoms with E-state index in [0.29, 0.717) is 26.3 Å². The molecule has 0 radical (unpaired) electrons. The van der Waals surface area contributed by atoms with Crippen molar-refractivity contribution in [3.8, 4) is 0 Å². The largest absolute Gasteiger partial charge is 0.366 e. The Labute approximate surface area is 140 Å². The minimum atomic E-state index is -0.520. The van der Waals surface area contributed by atoms with Gasteiger partial charge in [0.15, 0.2) is 11.9 Å². The molecule has 126 valence electrons. The number of aryl methyl sites for hydroxylation is 1. The van der Waals surface area contributed by atoms with E-state index in [1.165, 1.54) is 5.56 Å². The lowest BCUT2D eigenvalue weighted by Crippen LogP contribution is -2.46. The second-order valence-corrected chi connectivity index (χ2v) is 6.14. The number of morpholine rings is 1. The van der Waals surface area contributed by atoms with Gasteiger partial charge in [0, 0.05) is 13.6 Å². The standard InChI is InChI=1S/C17H20N4O3/c1-20-11-18-19-16(20)14-10-21(7-9-23-14)17(22)15-13-5-3-2-4-12(13)6-8-24-15/h2-5,11,14-15H,6-10H2,1H3/t14-,15+/m1/s1. The molecule has 7 nitrogen and oxygen atoms in total. The smallest absolute Gasteiger partial charge is 0.256 e. The van der Waals surface area contributed by atoms with Crippen molar-refractivity contribution in [3.05, 3.63) is 47.5 Å². The summed E-state index contributed by atoms with van der Waals surface area (Å²) in [7, 11) is 1.87. The number of benzene rings is 1. The van der Waals surface area contributed by atoms with Crippen molar-refractivity contribution in [2.75, 3.05) is 26.3 Å². The predicted molar refractivity (Wildman–Crippen MR) is 85.1 cm³/mol. The summed E-state index contributed by atoms with van der Waals surface area (Å²) >= 11 is 0. The summed E-state index contributed by atoms with van der Waals surface area (Å²) < 4.78 is 13.4. The molecular weight excluding hydrogens is 308 g/mol. The van der Waals surface area contributed by atoms with Gasteiger partial charge in [0.25, 0.3) is 5.91 Å². The fourth-order valence-electron chi connectivity index (χ4n) is 3.35. The number of hydrogen-bond acceptors (Lipinski definition) is 5. The van der Waals surface area contributed by atoms with Crippen LogP contribution in [0.2, 0.25) is 0 Å². The summed E-state index contributed by atoms with van der Waals surface area (Å²) in [6, 6.07) is 8.01. The van der Waals surface area contributed by atoms with E-state index in [0.717, 1.165) is 17.8 Å². The van der Waals surface area contributed by atoms with Crippen LogP contribution in [0.3, 0.4) is 0 Å². The summed E-state index contributed by atoms with van der Waals surface area (Å²) in [5.41, 5.74) is 2.18. The van der Waals surface area contributed by atoms with Gasteiger partial charge in [-0.15, -0.1) is 10.2 Å². The number of carbonyl (C=O) groups is 1. The lowest BCUT2D eigenvalue weighted by atomic mass is 9.96. The Morgan fingerprint density at radius 1 is 1.25 bits per heavy atom. The molecular formula is C17H20N4O3. The van der Waals surface area contributed by atoms with E-state index in [1.54, 1.807) is 6.33 Å². The van der Waals surface area contributed by atoms with Crippen molar-refractivity contribution in [1.82, 2.24) is 19.7 Å². The average molecular weight is 328 g/mol. The molecule has 1 fully saturated rings. The van der Waals surface area contributed by atoms with Crippen molar-refractivity contribution in [2.45, 2.75) is 18.6 Å². The predicted octanol–water partition coefficient (Wildman–Crippen LogP) is 1.03. The number of hydrogen-bond donors (Lipinski definition) is 0. The highest BCUT2D eigenvalue weighted by Gasteiger charge is 2.35. The van der Waals surface area contributed by atoms with Crippen LogP contribution in [0.15, 0.2) is 30.6 Å². The van der Waals surface area contributed by atoms with Crippen LogP contribution in [0.5, 0.6) is 0 Å². The maximum absolute atomic E-state index is 13.0. The minimum Gasteiger partial charge on any atom is -0.366 e. The van der Waals surface area contributed by atoms with Crippen LogP contribution in [0.4, 0.5) is 0 Å². The SMILES string of the molecule is Cn1cnnc1[C@H]1CN(C(=O)[C@H]2OCCc3ccccc32)CCO1. The number of nitrogens with zero attached hydrogens (tertiary/aromatic N) is 4. The Bertz CT molecular complexity index is 745. The maximum atomic E-state index is 13.0. The van der Waals surface area contributed by atoms with E-state index in [-0.39, 0.29) is 12.0 Å². The summed E-state index contributed by atoms with van der Waals surface area (Å²) in [5.74, 6) is 0.732. The molecule has 0 aliphatic carbocycles. The van der Waals surface area contributed by atoms with Gasteiger partial charge < -0.3 is 18.9 Å². The lowest BCUT2D eigenvalue weighted by Gasteiger charge is -2.35. The third-order valence-electron chi connectivity index (χ3n) is 4.63. The molecule has 0 spiro atoms. The highest BCUT2D eigenvalue weighted by atomic mass is 16.5. The molecule has 1 aromatic carbocycles. The van der Waals surface area contributed by atoms with E-state index >= 15 is 0 Å². The minimum absolute atomic E-state index is 0.00221. The van der Waals surface area contributed by atoms with Crippen molar-refractivity contribution in [1.29, 1.82) is 0 Å². The van der Waals surface area contributed by atoms with Crippen molar-refractivity contribution in [3.63, 3.8) is 0 Å². The number of fused-ring (bicyclic) bond motifs is 1. The average Bonchev–Trinajstić information content (AvgIpc) is 3.07. The molecule has 2 aliphatic heterocycles. The molecule has 1 saturated heterocycles. The molecule has 0 saturated carbocycles. The Hall–Kier alpha value is -2.25. The van der Waals surface area contributed by atoms with E-state index in [9.17, 15) is 4.79 Å². The Kier molecular flexibility index (Phi) is 4.03. The summed E-state index contributed by atoms with van der Waals surface area (Å²) in [5, 5.41) is 7.99. The van der Waals surface area contributed by atoms with Crippen LogP contribution in [0, 0.1) is 0 Å². The molecule has 3 heterocycles. The van der Waals surface area contributed by atoms with Crippen molar-refractivity contribution < 1.29 is 14.3 Å². The number of aromatic nitrogens is 3. The maximum Gasteiger partial charge on any atom is 0.256 e. The van der Waals surface area contributed by atoms with Crippen LogP contribution in [0.25, 0.3) is 0 Å². The van der Waals surface area contributed by atoms with Crippen molar-refractivity contribution in [2.24, 2.45) is 7.05 Å². The van der Waals surface area contributed by atoms with Gasteiger partial charge in [-0.2, -0.15) is 0 Å². The lowest BCUT2D eigenvalue weighted by molar-refractivity contribution is -0.153. The van der Waals surface area contributed by atoms with E-state index in [4.69, 9.17) is 9.47 Å². The zero-order valence-electron chi connectivity index (χ0n) is 13.6. The van der Waals surface area contributed by atoms with Gasteiger partial charge >= 0.3 is 0 Å². The first-order valence-electron chi connectivity index (χ1n) is 8.17. The fraction of sp³-hybridized carbons (Fsp3) is 0.471. The highest BCUT2D eigenvalue weighted by molar-refractivity contribution is 5.83. The molecule has 24 heavy (non-hydrogen) atoms. The van der Waals surface area contributed by atoms with Gasteiger partial charge in [-0.05, 0) is 17.5 Å². The van der Waals surface area contributed by atoms with Gasteiger partial charge in [-0.1, -0.05) is 24.3 Å². The summed E-state index contributed by atoms with van der Waals surface area (Å²) in [4.78, 5) is 14.8. The third kappa shape index (κ3) is 2.70. The normalized spacial score (nSPS) is 23.8. The van der Waals surface area contributed by atoms with E-state index in [1.807, 2.05) is 34.7 Å². The number of rotatable bonds is 2. The Morgan fingerprint density at radius 3 is 2.96 bits per heavy atom. The van der Waals surface area contributed by atoms with Gasteiger partial charge in [0.1, 0.15) is 12.4 Å². The summed E-state index contributed by atoms with van der Waals surface area (Å²) in [6.45, 7) is 2.09. The van der Waals surface area contributed by atoms with E-state index in [2.05, 4.69) is 16.3 Å². The first-order valence-corrected chi connectivity index (χ1v) is 8.17. The monoisotopic (exact) mass is 328 g/mol. The second-order valence-electron chi connectivity index (χ2n) is 6.14. The first-order chi connectivity index (χ1) is 11.7. The fourth-order valence-corrected chi connectivity index (χ4v) is 3.35.